The van der Waals surface area contributed by atoms with Crippen LogP contribution in [0.4, 0.5) is 5.69 Å². The third-order valence-corrected chi connectivity index (χ3v) is 4.87. The fraction of sp³-hybridized carbons (Fsp3) is 0.524. The van der Waals surface area contributed by atoms with Crippen molar-refractivity contribution in [2.45, 2.75) is 64.3 Å². The summed E-state index contributed by atoms with van der Waals surface area (Å²) in [5.41, 5.74) is -0.0248. The SMILES string of the molecule is CC(=O)OC[C@H]1O[C@H](Oc2ccc(CCl)cc2[N+](=O)[O-])[C@H](OC(C)=O)[C@@H](OC(C)=O)[C@H]1OC(C)=O. The van der Waals surface area contributed by atoms with Gasteiger partial charge in [-0.05, 0) is 11.6 Å². The Morgan fingerprint density at radius 3 is 2.03 bits per heavy atom. The smallest absolute Gasteiger partial charge is 0.311 e. The van der Waals surface area contributed by atoms with Crippen LogP contribution in [0.3, 0.4) is 0 Å². The third-order valence-electron chi connectivity index (χ3n) is 4.57. The number of halogens is 1. The number of benzene rings is 1. The highest BCUT2D eigenvalue weighted by atomic mass is 35.5. The molecule has 0 bridgehead atoms. The van der Waals surface area contributed by atoms with Crippen LogP contribution in [-0.4, -0.2) is 66.1 Å². The van der Waals surface area contributed by atoms with Gasteiger partial charge in [0.2, 0.25) is 12.4 Å². The van der Waals surface area contributed by atoms with E-state index in [2.05, 4.69) is 0 Å². The predicted molar refractivity (Wildman–Crippen MR) is 115 cm³/mol. The Bertz CT molecular complexity index is 983. The van der Waals surface area contributed by atoms with Crippen LogP contribution in [0.25, 0.3) is 0 Å². The van der Waals surface area contributed by atoms with E-state index in [0.717, 1.165) is 27.7 Å². The van der Waals surface area contributed by atoms with Gasteiger partial charge in [-0.2, -0.15) is 0 Å². The normalized spacial score (nSPS) is 23.5. The van der Waals surface area contributed by atoms with Gasteiger partial charge in [0, 0.05) is 39.6 Å². The van der Waals surface area contributed by atoms with E-state index in [0.29, 0.717) is 5.56 Å². The number of rotatable bonds is 9. The van der Waals surface area contributed by atoms with Gasteiger partial charge < -0.3 is 28.4 Å². The second kappa shape index (κ2) is 12.3. The van der Waals surface area contributed by atoms with E-state index in [9.17, 15) is 29.3 Å². The largest absolute Gasteiger partial charge is 0.463 e. The lowest BCUT2D eigenvalue weighted by atomic mass is 9.98. The van der Waals surface area contributed by atoms with E-state index >= 15 is 0 Å². The fourth-order valence-corrected chi connectivity index (χ4v) is 3.46. The van der Waals surface area contributed by atoms with Crippen molar-refractivity contribution in [1.29, 1.82) is 0 Å². The standard InChI is InChI=1S/C21H24ClNO12/c1-10(24)30-9-17-18(31-11(2)25)19(32-12(3)26)20(33-13(4)27)21(35-17)34-16-6-5-14(8-22)7-15(16)23(28)29/h5-7,17-21H,8-9H2,1-4H3/t17-,18+,19+,20-,21+/m1/s1. The van der Waals surface area contributed by atoms with Crippen molar-refractivity contribution in [2.24, 2.45) is 0 Å². The zero-order valence-electron chi connectivity index (χ0n) is 19.3. The maximum absolute atomic E-state index is 11.9. The summed E-state index contributed by atoms with van der Waals surface area (Å²) in [4.78, 5) is 57.7. The number of hydrogen-bond acceptors (Lipinski definition) is 12. The van der Waals surface area contributed by atoms with Gasteiger partial charge in [-0.25, -0.2) is 0 Å². The molecule has 1 aromatic rings. The van der Waals surface area contributed by atoms with Gasteiger partial charge in [0.15, 0.2) is 18.0 Å². The molecule has 14 heteroatoms. The van der Waals surface area contributed by atoms with Crippen LogP contribution in [0.15, 0.2) is 18.2 Å². The van der Waals surface area contributed by atoms with Crippen molar-refractivity contribution in [3.63, 3.8) is 0 Å². The lowest BCUT2D eigenvalue weighted by Crippen LogP contribution is -2.63. The summed E-state index contributed by atoms with van der Waals surface area (Å²) in [5.74, 6) is -3.42. The Labute approximate surface area is 204 Å². The van der Waals surface area contributed by atoms with Crippen LogP contribution in [-0.2, 0) is 48.7 Å². The number of carbonyl (C=O) groups is 4. The molecule has 1 aliphatic heterocycles. The molecule has 35 heavy (non-hydrogen) atoms. The number of nitro groups is 1. The number of ether oxygens (including phenoxy) is 6. The van der Waals surface area contributed by atoms with Gasteiger partial charge in [0.25, 0.3) is 0 Å². The summed E-state index contributed by atoms with van der Waals surface area (Å²) in [6, 6.07) is 3.93. The first-order chi connectivity index (χ1) is 16.4. The van der Waals surface area contributed by atoms with E-state index in [-0.39, 0.29) is 11.6 Å². The number of nitro benzene ring substituents is 1. The lowest BCUT2D eigenvalue weighted by Gasteiger charge is -2.43. The maximum Gasteiger partial charge on any atom is 0.311 e. The highest BCUT2D eigenvalue weighted by molar-refractivity contribution is 6.17. The van der Waals surface area contributed by atoms with E-state index in [1.54, 1.807) is 0 Å². The topological polar surface area (TPSA) is 167 Å². The fourth-order valence-electron chi connectivity index (χ4n) is 3.30. The van der Waals surface area contributed by atoms with Gasteiger partial charge >= 0.3 is 29.6 Å². The molecule has 2 rings (SSSR count). The molecule has 1 heterocycles. The summed E-state index contributed by atoms with van der Waals surface area (Å²) in [6.45, 7) is 3.87. The van der Waals surface area contributed by atoms with Crippen LogP contribution in [0.5, 0.6) is 5.75 Å². The second-order valence-electron chi connectivity index (χ2n) is 7.38. The molecule has 0 N–H and O–H groups in total. The minimum absolute atomic E-state index is 0.000170. The Kier molecular flexibility index (Phi) is 9.78. The minimum Gasteiger partial charge on any atom is -0.463 e. The molecule has 192 valence electrons. The number of carbonyl (C=O) groups excluding carboxylic acids is 4. The Morgan fingerprint density at radius 2 is 1.51 bits per heavy atom. The molecule has 0 unspecified atom stereocenters. The zero-order chi connectivity index (χ0) is 26.3. The molecule has 1 fully saturated rings. The Morgan fingerprint density at radius 1 is 0.943 bits per heavy atom. The number of hydrogen-bond donors (Lipinski definition) is 0. The summed E-state index contributed by atoms with van der Waals surface area (Å²) >= 11 is 5.76. The average molecular weight is 518 g/mol. The van der Waals surface area contributed by atoms with Crippen molar-refractivity contribution in [2.75, 3.05) is 6.61 Å². The Hall–Kier alpha value is -3.45. The molecule has 0 radical (unpaired) electrons. The highest BCUT2D eigenvalue weighted by Gasteiger charge is 2.53. The van der Waals surface area contributed by atoms with Gasteiger partial charge in [-0.3, -0.25) is 29.3 Å². The van der Waals surface area contributed by atoms with Crippen molar-refractivity contribution in [3.8, 4) is 5.75 Å². The number of nitrogens with zero attached hydrogens (tertiary/aromatic N) is 1. The van der Waals surface area contributed by atoms with Crippen LogP contribution < -0.4 is 4.74 Å². The van der Waals surface area contributed by atoms with Gasteiger partial charge in [0.05, 0.1) is 4.92 Å². The molecule has 0 saturated carbocycles. The predicted octanol–water partition coefficient (Wildman–Crippen LogP) is 1.80. The van der Waals surface area contributed by atoms with Gasteiger partial charge in [-0.15, -0.1) is 11.6 Å². The van der Waals surface area contributed by atoms with E-state index < -0.39 is 71.8 Å². The minimum atomic E-state index is -1.60. The maximum atomic E-state index is 11.9. The van der Waals surface area contributed by atoms with Crippen molar-refractivity contribution in [1.82, 2.24) is 0 Å². The van der Waals surface area contributed by atoms with E-state index in [1.807, 2.05) is 0 Å². The van der Waals surface area contributed by atoms with E-state index in [4.69, 9.17) is 40.0 Å². The summed E-state index contributed by atoms with van der Waals surface area (Å²) in [7, 11) is 0. The average Bonchev–Trinajstić information content (AvgIpc) is 2.75. The van der Waals surface area contributed by atoms with Gasteiger partial charge in [-0.1, -0.05) is 6.07 Å². The summed E-state index contributed by atoms with van der Waals surface area (Å²) in [6.07, 6.45) is -7.24. The van der Waals surface area contributed by atoms with Crippen LogP contribution in [0, 0.1) is 10.1 Å². The van der Waals surface area contributed by atoms with Crippen molar-refractivity contribution < 1.29 is 52.5 Å². The molecule has 1 saturated heterocycles. The summed E-state index contributed by atoms with van der Waals surface area (Å²) in [5, 5.41) is 11.6. The monoisotopic (exact) mass is 517 g/mol. The number of alkyl halides is 1. The molecule has 0 aliphatic carbocycles. The highest BCUT2D eigenvalue weighted by Crippen LogP contribution is 2.35. The molecule has 0 aromatic heterocycles. The molecule has 13 nitrogen and oxygen atoms in total. The molecule has 5 atom stereocenters. The van der Waals surface area contributed by atoms with Crippen LogP contribution in [0.2, 0.25) is 0 Å². The number of esters is 4. The first-order valence-electron chi connectivity index (χ1n) is 10.2. The second-order valence-corrected chi connectivity index (χ2v) is 7.65. The molecule has 0 amide bonds. The van der Waals surface area contributed by atoms with Crippen molar-refractivity contribution in [3.05, 3.63) is 33.9 Å². The molecule has 0 spiro atoms. The van der Waals surface area contributed by atoms with E-state index in [1.165, 1.54) is 18.2 Å². The zero-order valence-corrected chi connectivity index (χ0v) is 20.0. The quantitative estimate of drug-likeness (QED) is 0.153. The van der Waals surface area contributed by atoms with Crippen molar-refractivity contribution >= 4 is 41.2 Å². The molecule has 1 aliphatic rings. The molecular formula is C21H24ClNO12. The van der Waals surface area contributed by atoms with Crippen LogP contribution in [0.1, 0.15) is 33.3 Å². The molecule has 1 aromatic carbocycles. The van der Waals surface area contributed by atoms with Gasteiger partial charge in [0.1, 0.15) is 12.7 Å². The van der Waals surface area contributed by atoms with Crippen LogP contribution >= 0.6 is 11.6 Å². The summed E-state index contributed by atoms with van der Waals surface area (Å²) < 4.78 is 32.3. The lowest BCUT2D eigenvalue weighted by molar-refractivity contribution is -0.387. The Balaban J connectivity index is 2.55. The first kappa shape index (κ1) is 27.8. The molecular weight excluding hydrogens is 494 g/mol. The third kappa shape index (κ3) is 7.79. The first-order valence-corrected chi connectivity index (χ1v) is 10.8.